The summed E-state index contributed by atoms with van der Waals surface area (Å²) in [5, 5.41) is 0. The molecule has 5 heteroatoms. The number of methoxy groups -OCH3 is 1. The van der Waals surface area contributed by atoms with Crippen molar-refractivity contribution in [2.45, 2.75) is 39.2 Å². The minimum Gasteiger partial charge on any atom is -0.497 e. The predicted octanol–water partition coefficient (Wildman–Crippen LogP) is 4.53. The molecule has 1 saturated heterocycles. The van der Waals surface area contributed by atoms with Gasteiger partial charge in [-0.25, -0.2) is 9.69 Å². The number of ether oxygens (including phenoxy) is 2. The molecule has 0 spiro atoms. The summed E-state index contributed by atoms with van der Waals surface area (Å²) in [6, 6.07) is 13.1. The molecule has 0 N–H and O–H groups in total. The molecule has 3 rings (SSSR count). The van der Waals surface area contributed by atoms with E-state index in [1.54, 1.807) is 7.11 Å². The largest absolute Gasteiger partial charge is 0.497 e. The highest BCUT2D eigenvalue weighted by Crippen LogP contribution is 2.33. The van der Waals surface area contributed by atoms with Crippen LogP contribution in [0.25, 0.3) is 0 Å². The standard InChI is InChI=1S/C22H25NO4/c1-14-10-18(26-4)11-15(2)21(14)16(3)12-20(24)23-19(13-27-22(23)25)17-8-6-5-7-9-17/h5-11,16,19H,12-13H2,1-4H3/t16-,19+/m1/s1. The van der Waals surface area contributed by atoms with Crippen LogP contribution in [0.15, 0.2) is 42.5 Å². The number of hydrogen-bond acceptors (Lipinski definition) is 4. The van der Waals surface area contributed by atoms with Gasteiger partial charge < -0.3 is 9.47 Å². The molecule has 0 aromatic heterocycles. The lowest BCUT2D eigenvalue weighted by Crippen LogP contribution is -2.34. The minimum atomic E-state index is -0.566. The van der Waals surface area contributed by atoms with Crippen LogP contribution in [0.1, 0.15) is 47.6 Å². The van der Waals surface area contributed by atoms with E-state index in [1.807, 2.05) is 63.2 Å². The third-order valence-electron chi connectivity index (χ3n) is 5.10. The molecule has 2 aromatic carbocycles. The fraction of sp³-hybridized carbons (Fsp3) is 0.364. The fourth-order valence-electron chi connectivity index (χ4n) is 3.91. The first-order chi connectivity index (χ1) is 12.9. The highest BCUT2D eigenvalue weighted by atomic mass is 16.6. The van der Waals surface area contributed by atoms with E-state index in [9.17, 15) is 9.59 Å². The van der Waals surface area contributed by atoms with Crippen LogP contribution < -0.4 is 4.74 Å². The van der Waals surface area contributed by atoms with Gasteiger partial charge in [-0.05, 0) is 54.2 Å². The van der Waals surface area contributed by atoms with Gasteiger partial charge in [-0.15, -0.1) is 0 Å². The van der Waals surface area contributed by atoms with Crippen LogP contribution in [0.3, 0.4) is 0 Å². The number of imide groups is 1. The molecular formula is C22H25NO4. The third-order valence-corrected chi connectivity index (χ3v) is 5.10. The molecular weight excluding hydrogens is 342 g/mol. The predicted molar refractivity (Wildman–Crippen MR) is 103 cm³/mol. The SMILES string of the molecule is COc1cc(C)c([C@H](C)CC(=O)N2C(=O)OC[C@H]2c2ccccc2)c(C)c1. The molecule has 0 aliphatic carbocycles. The van der Waals surface area contributed by atoms with Crippen molar-refractivity contribution in [2.24, 2.45) is 0 Å². The summed E-state index contributed by atoms with van der Waals surface area (Å²) in [5.41, 5.74) is 4.18. The number of carbonyl (C=O) groups is 2. The molecule has 5 nitrogen and oxygen atoms in total. The average molecular weight is 367 g/mol. The number of rotatable bonds is 5. The monoisotopic (exact) mass is 367 g/mol. The van der Waals surface area contributed by atoms with Crippen LogP contribution in [0, 0.1) is 13.8 Å². The lowest BCUT2D eigenvalue weighted by atomic mass is 9.89. The number of benzene rings is 2. The summed E-state index contributed by atoms with van der Waals surface area (Å²) >= 11 is 0. The number of cyclic esters (lactones) is 1. The zero-order valence-electron chi connectivity index (χ0n) is 16.2. The second kappa shape index (κ2) is 7.82. The van der Waals surface area contributed by atoms with Gasteiger partial charge in [0.05, 0.1) is 7.11 Å². The molecule has 1 aliphatic heterocycles. The summed E-state index contributed by atoms with van der Waals surface area (Å²) < 4.78 is 10.5. The number of amides is 2. The van der Waals surface area contributed by atoms with E-state index in [1.165, 1.54) is 4.90 Å². The molecule has 2 aromatic rings. The van der Waals surface area contributed by atoms with Gasteiger partial charge in [-0.3, -0.25) is 4.79 Å². The van der Waals surface area contributed by atoms with Gasteiger partial charge >= 0.3 is 6.09 Å². The van der Waals surface area contributed by atoms with Crippen molar-refractivity contribution < 1.29 is 19.1 Å². The van der Waals surface area contributed by atoms with E-state index in [0.29, 0.717) is 0 Å². The van der Waals surface area contributed by atoms with Gasteiger partial charge in [0.25, 0.3) is 0 Å². The van der Waals surface area contributed by atoms with Crippen molar-refractivity contribution in [1.82, 2.24) is 4.90 Å². The summed E-state index contributed by atoms with van der Waals surface area (Å²) in [7, 11) is 1.64. The van der Waals surface area contributed by atoms with Crippen molar-refractivity contribution in [3.8, 4) is 5.75 Å². The van der Waals surface area contributed by atoms with Gasteiger partial charge in [0.1, 0.15) is 18.4 Å². The molecule has 0 bridgehead atoms. The normalized spacial score (nSPS) is 17.6. The second-order valence-electron chi connectivity index (χ2n) is 7.05. The first-order valence-corrected chi connectivity index (χ1v) is 9.11. The van der Waals surface area contributed by atoms with Crippen LogP contribution >= 0.6 is 0 Å². The topological polar surface area (TPSA) is 55.8 Å². The summed E-state index contributed by atoms with van der Waals surface area (Å²) in [6.45, 7) is 6.24. The van der Waals surface area contributed by atoms with E-state index in [0.717, 1.165) is 28.0 Å². The number of nitrogens with zero attached hydrogens (tertiary/aromatic N) is 1. The van der Waals surface area contributed by atoms with Gasteiger partial charge in [0.15, 0.2) is 0 Å². The zero-order valence-corrected chi connectivity index (χ0v) is 16.2. The number of carbonyl (C=O) groups excluding carboxylic acids is 2. The van der Waals surface area contributed by atoms with Crippen LogP contribution in [-0.2, 0) is 9.53 Å². The van der Waals surface area contributed by atoms with Crippen LogP contribution in [0.4, 0.5) is 4.79 Å². The summed E-state index contributed by atoms with van der Waals surface area (Å²) in [4.78, 5) is 26.4. The van der Waals surface area contributed by atoms with E-state index in [-0.39, 0.29) is 30.9 Å². The van der Waals surface area contributed by atoms with Gasteiger partial charge in [-0.1, -0.05) is 37.3 Å². The second-order valence-corrected chi connectivity index (χ2v) is 7.05. The molecule has 1 fully saturated rings. The maximum absolute atomic E-state index is 13.0. The van der Waals surface area contributed by atoms with Crippen molar-refractivity contribution in [3.05, 3.63) is 64.7 Å². The Morgan fingerprint density at radius 3 is 2.44 bits per heavy atom. The van der Waals surface area contributed by atoms with Gasteiger partial charge in [0, 0.05) is 6.42 Å². The maximum atomic E-state index is 13.0. The molecule has 27 heavy (non-hydrogen) atoms. The van der Waals surface area contributed by atoms with Crippen LogP contribution in [0.5, 0.6) is 5.75 Å². The van der Waals surface area contributed by atoms with E-state index < -0.39 is 6.09 Å². The Bertz CT molecular complexity index is 824. The van der Waals surface area contributed by atoms with Gasteiger partial charge in [-0.2, -0.15) is 0 Å². The number of aryl methyl sites for hydroxylation is 2. The summed E-state index contributed by atoms with van der Waals surface area (Å²) in [6.07, 6.45) is -0.323. The molecule has 142 valence electrons. The Hall–Kier alpha value is -2.82. The highest BCUT2D eigenvalue weighted by molar-refractivity contribution is 5.94. The maximum Gasteiger partial charge on any atom is 0.417 e. The third kappa shape index (κ3) is 3.82. The Labute approximate surface area is 159 Å². The molecule has 2 atom stereocenters. The molecule has 0 saturated carbocycles. The van der Waals surface area contributed by atoms with Gasteiger partial charge in [0.2, 0.25) is 5.91 Å². The first kappa shape index (κ1) is 19.0. The molecule has 0 radical (unpaired) electrons. The number of hydrogen-bond donors (Lipinski definition) is 0. The van der Waals surface area contributed by atoms with Crippen LogP contribution in [0.2, 0.25) is 0 Å². The molecule has 1 heterocycles. The first-order valence-electron chi connectivity index (χ1n) is 9.11. The van der Waals surface area contributed by atoms with Crippen molar-refractivity contribution in [1.29, 1.82) is 0 Å². The molecule has 2 amide bonds. The van der Waals surface area contributed by atoms with Crippen molar-refractivity contribution >= 4 is 12.0 Å². The minimum absolute atomic E-state index is 0.0202. The van der Waals surface area contributed by atoms with E-state index >= 15 is 0 Å². The van der Waals surface area contributed by atoms with E-state index in [4.69, 9.17) is 9.47 Å². The average Bonchev–Trinajstić information content (AvgIpc) is 3.03. The molecule has 1 aliphatic rings. The Morgan fingerprint density at radius 2 is 1.85 bits per heavy atom. The molecule has 0 unspecified atom stereocenters. The Morgan fingerprint density at radius 1 is 1.22 bits per heavy atom. The highest BCUT2D eigenvalue weighted by Gasteiger charge is 2.39. The fourth-order valence-corrected chi connectivity index (χ4v) is 3.91. The lowest BCUT2D eigenvalue weighted by molar-refractivity contribution is -0.129. The Balaban J connectivity index is 1.81. The zero-order chi connectivity index (χ0) is 19.6. The van der Waals surface area contributed by atoms with Crippen molar-refractivity contribution in [2.75, 3.05) is 13.7 Å². The summed E-state index contributed by atoms with van der Waals surface area (Å²) in [5.74, 6) is 0.571. The quantitative estimate of drug-likeness (QED) is 0.779. The van der Waals surface area contributed by atoms with Crippen molar-refractivity contribution in [3.63, 3.8) is 0 Å². The Kier molecular flexibility index (Phi) is 5.49. The smallest absolute Gasteiger partial charge is 0.417 e. The van der Waals surface area contributed by atoms with Crippen LogP contribution in [-0.4, -0.2) is 30.6 Å². The lowest BCUT2D eigenvalue weighted by Gasteiger charge is -2.23. The van der Waals surface area contributed by atoms with E-state index in [2.05, 4.69) is 0 Å².